The molecular formula is C24H24N2O4. The number of carboxylic acids is 1. The van der Waals surface area contributed by atoms with Crippen LogP contribution in [0.25, 0.3) is 0 Å². The fraction of sp³-hybridized carbons (Fsp3) is 0.250. The number of hydrogen-bond acceptors (Lipinski definition) is 3. The average molecular weight is 404 g/mol. The van der Waals surface area contributed by atoms with Gasteiger partial charge in [0.05, 0.1) is 18.7 Å². The molecule has 0 radical (unpaired) electrons. The summed E-state index contributed by atoms with van der Waals surface area (Å²) in [7, 11) is 1.63. The molecule has 1 aliphatic carbocycles. The smallest absolute Gasteiger partial charge is 0.337 e. The minimum absolute atomic E-state index is 0.187. The lowest BCUT2D eigenvalue weighted by atomic mass is 9.89. The van der Waals surface area contributed by atoms with E-state index in [1.54, 1.807) is 25.4 Å². The third-order valence-electron chi connectivity index (χ3n) is 5.57. The molecule has 4 rings (SSSR count). The molecule has 2 N–H and O–H groups in total. The van der Waals surface area contributed by atoms with E-state index in [4.69, 9.17) is 4.74 Å². The lowest BCUT2D eigenvalue weighted by Crippen LogP contribution is -2.32. The number of methoxy groups -OCH3 is 1. The molecular weight excluding hydrogens is 380 g/mol. The van der Waals surface area contributed by atoms with E-state index >= 15 is 0 Å². The minimum atomic E-state index is -0.972. The van der Waals surface area contributed by atoms with Crippen molar-refractivity contribution in [3.8, 4) is 5.75 Å². The van der Waals surface area contributed by atoms with Gasteiger partial charge < -0.3 is 19.7 Å². The molecule has 1 aliphatic rings. The van der Waals surface area contributed by atoms with Crippen molar-refractivity contribution in [2.45, 2.75) is 31.8 Å². The number of nitrogens with one attached hydrogen (secondary N) is 1. The summed E-state index contributed by atoms with van der Waals surface area (Å²) in [6.07, 6.45) is 4.09. The maximum absolute atomic E-state index is 12.7. The number of carbonyl (C=O) groups is 2. The number of carbonyl (C=O) groups excluding carboxylic acids is 1. The first-order valence-corrected chi connectivity index (χ1v) is 10.0. The Balaban J connectivity index is 1.64. The fourth-order valence-electron chi connectivity index (χ4n) is 4.11. The molecule has 0 saturated carbocycles. The van der Waals surface area contributed by atoms with Gasteiger partial charge in [-0.25, -0.2) is 4.79 Å². The highest BCUT2D eigenvalue weighted by Crippen LogP contribution is 2.35. The van der Waals surface area contributed by atoms with Gasteiger partial charge in [-0.3, -0.25) is 4.79 Å². The van der Waals surface area contributed by atoms with Crippen molar-refractivity contribution in [3.63, 3.8) is 0 Å². The van der Waals surface area contributed by atoms with Crippen LogP contribution in [0.5, 0.6) is 5.75 Å². The van der Waals surface area contributed by atoms with Gasteiger partial charge in [0, 0.05) is 29.6 Å². The van der Waals surface area contributed by atoms with Crippen molar-refractivity contribution in [1.82, 2.24) is 9.88 Å². The number of rotatable bonds is 6. The van der Waals surface area contributed by atoms with Gasteiger partial charge in [-0.1, -0.05) is 30.3 Å². The van der Waals surface area contributed by atoms with E-state index in [1.165, 1.54) is 0 Å². The molecule has 1 unspecified atom stereocenters. The molecule has 0 aliphatic heterocycles. The average Bonchev–Trinajstić information content (AvgIpc) is 3.15. The van der Waals surface area contributed by atoms with Crippen LogP contribution in [0.2, 0.25) is 0 Å². The standard InChI is InChI=1S/C24H24N2O4/c1-30-18-12-10-16(11-13-18)14-26-15-19(24(28)29)22-20(8-5-9-21(22)26)25-23(27)17-6-3-2-4-7-17/h2-4,6-7,10-13,15,20H,5,8-9,14H2,1H3,(H,25,27)(H,28,29). The van der Waals surface area contributed by atoms with Gasteiger partial charge in [0.2, 0.25) is 0 Å². The number of hydrogen-bond donors (Lipinski definition) is 2. The summed E-state index contributed by atoms with van der Waals surface area (Å²) in [6, 6.07) is 16.4. The van der Waals surface area contributed by atoms with Gasteiger partial charge in [-0.05, 0) is 49.1 Å². The molecule has 6 heteroatoms. The predicted molar refractivity (Wildman–Crippen MR) is 113 cm³/mol. The Hall–Kier alpha value is -3.54. The molecule has 3 aromatic rings. The SMILES string of the molecule is COc1ccc(Cn2cc(C(=O)O)c3c2CCCC3NC(=O)c2ccccc2)cc1. The second-order valence-corrected chi connectivity index (χ2v) is 7.47. The molecule has 1 aromatic heterocycles. The van der Waals surface area contributed by atoms with Crippen molar-refractivity contribution < 1.29 is 19.4 Å². The highest BCUT2D eigenvalue weighted by molar-refractivity contribution is 5.95. The third kappa shape index (κ3) is 3.94. The maximum Gasteiger partial charge on any atom is 0.337 e. The molecule has 1 atom stereocenters. The molecule has 0 saturated heterocycles. The van der Waals surface area contributed by atoms with Crippen LogP contribution in [0.4, 0.5) is 0 Å². The van der Waals surface area contributed by atoms with Crippen molar-refractivity contribution in [2.75, 3.05) is 7.11 Å². The van der Waals surface area contributed by atoms with Crippen LogP contribution in [0.3, 0.4) is 0 Å². The van der Waals surface area contributed by atoms with Gasteiger partial charge in [-0.15, -0.1) is 0 Å². The molecule has 2 aromatic carbocycles. The lowest BCUT2D eigenvalue weighted by Gasteiger charge is -2.26. The summed E-state index contributed by atoms with van der Waals surface area (Å²) < 4.78 is 7.21. The number of aromatic carboxylic acids is 1. The predicted octanol–water partition coefficient (Wildman–Crippen LogP) is 4.05. The van der Waals surface area contributed by atoms with Crippen LogP contribution in [-0.2, 0) is 13.0 Å². The maximum atomic E-state index is 12.7. The highest BCUT2D eigenvalue weighted by atomic mass is 16.5. The van der Waals surface area contributed by atoms with Gasteiger partial charge >= 0.3 is 5.97 Å². The van der Waals surface area contributed by atoms with Gasteiger partial charge in [0.25, 0.3) is 5.91 Å². The number of fused-ring (bicyclic) bond motifs is 1. The quantitative estimate of drug-likeness (QED) is 0.650. The normalized spacial score (nSPS) is 15.3. The number of nitrogens with zero attached hydrogens (tertiary/aromatic N) is 1. The lowest BCUT2D eigenvalue weighted by molar-refractivity contribution is 0.0693. The van der Waals surface area contributed by atoms with E-state index in [9.17, 15) is 14.7 Å². The number of amides is 1. The zero-order valence-electron chi connectivity index (χ0n) is 16.8. The minimum Gasteiger partial charge on any atom is -0.497 e. The van der Waals surface area contributed by atoms with Gasteiger partial charge in [0.1, 0.15) is 5.75 Å². The number of ether oxygens (including phenoxy) is 1. The Labute approximate surface area is 175 Å². The van der Waals surface area contributed by atoms with Gasteiger partial charge in [-0.2, -0.15) is 0 Å². The van der Waals surface area contributed by atoms with Crippen LogP contribution in [-0.4, -0.2) is 28.7 Å². The topological polar surface area (TPSA) is 80.6 Å². The molecule has 154 valence electrons. The van der Waals surface area contributed by atoms with E-state index < -0.39 is 5.97 Å². The zero-order valence-corrected chi connectivity index (χ0v) is 16.8. The molecule has 0 spiro atoms. The third-order valence-corrected chi connectivity index (χ3v) is 5.57. The molecule has 1 amide bonds. The fourth-order valence-corrected chi connectivity index (χ4v) is 4.11. The first-order chi connectivity index (χ1) is 14.6. The Bertz CT molecular complexity index is 1050. The van der Waals surface area contributed by atoms with E-state index in [0.717, 1.165) is 41.8 Å². The van der Waals surface area contributed by atoms with E-state index in [0.29, 0.717) is 12.1 Å². The monoisotopic (exact) mass is 404 g/mol. The van der Waals surface area contributed by atoms with E-state index in [2.05, 4.69) is 5.32 Å². The molecule has 6 nitrogen and oxygen atoms in total. The second kappa shape index (κ2) is 8.45. The summed E-state index contributed by atoms with van der Waals surface area (Å²) >= 11 is 0. The van der Waals surface area contributed by atoms with Crippen LogP contribution in [0, 0.1) is 0 Å². The molecule has 0 bridgehead atoms. The summed E-state index contributed by atoms with van der Waals surface area (Å²) in [5.41, 5.74) is 3.59. The number of benzene rings is 2. The van der Waals surface area contributed by atoms with Crippen molar-refractivity contribution >= 4 is 11.9 Å². The van der Waals surface area contributed by atoms with Crippen LogP contribution < -0.4 is 10.1 Å². The summed E-state index contributed by atoms with van der Waals surface area (Å²) in [6.45, 7) is 0.568. The Morgan fingerprint density at radius 1 is 1.13 bits per heavy atom. The zero-order chi connectivity index (χ0) is 21.1. The molecule has 1 heterocycles. The van der Waals surface area contributed by atoms with E-state index in [1.807, 2.05) is 47.0 Å². The first-order valence-electron chi connectivity index (χ1n) is 10.0. The largest absolute Gasteiger partial charge is 0.497 e. The first kappa shape index (κ1) is 19.8. The summed E-state index contributed by atoms with van der Waals surface area (Å²) in [4.78, 5) is 24.7. The van der Waals surface area contributed by atoms with Crippen LogP contribution >= 0.6 is 0 Å². The van der Waals surface area contributed by atoms with Crippen molar-refractivity contribution in [2.24, 2.45) is 0 Å². The van der Waals surface area contributed by atoms with Crippen molar-refractivity contribution in [3.05, 3.63) is 88.7 Å². The highest BCUT2D eigenvalue weighted by Gasteiger charge is 2.31. The summed E-state index contributed by atoms with van der Waals surface area (Å²) in [5, 5.41) is 12.9. The van der Waals surface area contributed by atoms with Gasteiger partial charge in [0.15, 0.2) is 0 Å². The van der Waals surface area contributed by atoms with Crippen LogP contribution in [0.1, 0.15) is 56.4 Å². The molecule has 30 heavy (non-hydrogen) atoms. The number of aromatic nitrogens is 1. The Morgan fingerprint density at radius 2 is 1.87 bits per heavy atom. The second-order valence-electron chi connectivity index (χ2n) is 7.47. The summed E-state index contributed by atoms with van der Waals surface area (Å²) in [5.74, 6) is -0.378. The van der Waals surface area contributed by atoms with E-state index in [-0.39, 0.29) is 17.5 Å². The van der Waals surface area contributed by atoms with Crippen LogP contribution in [0.15, 0.2) is 60.8 Å². The number of carboxylic acid groups (broad SMARTS) is 1. The Morgan fingerprint density at radius 3 is 2.53 bits per heavy atom. The molecule has 0 fully saturated rings. The van der Waals surface area contributed by atoms with Crippen molar-refractivity contribution in [1.29, 1.82) is 0 Å². The Kier molecular flexibility index (Phi) is 5.57.